The highest BCUT2D eigenvalue weighted by molar-refractivity contribution is 5.34. The van der Waals surface area contributed by atoms with Gasteiger partial charge in [0.25, 0.3) is 0 Å². The molecule has 0 radical (unpaired) electrons. The fourth-order valence-corrected chi connectivity index (χ4v) is 2.00. The molecule has 0 spiro atoms. The molecule has 0 heterocycles. The Morgan fingerprint density at radius 1 is 1.20 bits per heavy atom. The van der Waals surface area contributed by atoms with Crippen molar-refractivity contribution in [3.63, 3.8) is 0 Å². The van der Waals surface area contributed by atoms with Crippen LogP contribution in [0.1, 0.15) is 43.9 Å². The third-order valence-electron chi connectivity index (χ3n) is 3.15. The molecule has 0 aliphatic carbocycles. The van der Waals surface area contributed by atoms with Crippen molar-refractivity contribution >= 4 is 0 Å². The van der Waals surface area contributed by atoms with E-state index in [1.807, 2.05) is 13.8 Å². The van der Waals surface area contributed by atoms with Crippen LogP contribution in [0.3, 0.4) is 0 Å². The smallest absolute Gasteiger partial charge is 0.391 e. The van der Waals surface area contributed by atoms with Crippen molar-refractivity contribution in [1.82, 2.24) is 0 Å². The lowest BCUT2D eigenvalue weighted by atomic mass is 9.92. The van der Waals surface area contributed by atoms with Gasteiger partial charge in [-0.05, 0) is 30.9 Å². The summed E-state index contributed by atoms with van der Waals surface area (Å²) in [6.07, 6.45) is -5.09. The van der Waals surface area contributed by atoms with Crippen LogP contribution in [0.15, 0.2) is 18.2 Å². The van der Waals surface area contributed by atoms with Crippen LogP contribution >= 0.6 is 0 Å². The lowest BCUT2D eigenvalue weighted by Crippen LogP contribution is -2.30. The first-order valence-corrected chi connectivity index (χ1v) is 6.43. The van der Waals surface area contributed by atoms with Gasteiger partial charge >= 0.3 is 6.18 Å². The summed E-state index contributed by atoms with van der Waals surface area (Å²) in [6, 6.07) is 1.27. The Labute approximate surface area is 115 Å². The van der Waals surface area contributed by atoms with Crippen LogP contribution < -0.4 is 5.73 Å². The van der Waals surface area contributed by atoms with Crippen LogP contribution in [0.4, 0.5) is 17.6 Å². The van der Waals surface area contributed by atoms with Gasteiger partial charge in [-0.15, -0.1) is 0 Å². The molecule has 1 rings (SSSR count). The van der Waals surface area contributed by atoms with E-state index in [1.54, 1.807) is 0 Å². The standard InChI is InChI=1S/C14H19F4NO/c1-8(2)6-7-11(20)13(19)12-9(14(16,17)18)4-3-5-10(12)15/h3-5,8,11,13,20H,6-7,19H2,1-2H3/t11-,13-/m1/s1. The van der Waals surface area contributed by atoms with Gasteiger partial charge in [0.05, 0.1) is 17.7 Å². The number of rotatable bonds is 5. The Bertz CT molecular complexity index is 445. The first kappa shape index (κ1) is 16.9. The van der Waals surface area contributed by atoms with E-state index in [0.717, 1.165) is 18.2 Å². The highest BCUT2D eigenvalue weighted by Crippen LogP contribution is 2.36. The van der Waals surface area contributed by atoms with Gasteiger partial charge in [-0.25, -0.2) is 4.39 Å². The highest BCUT2D eigenvalue weighted by Gasteiger charge is 2.37. The third kappa shape index (κ3) is 4.18. The van der Waals surface area contributed by atoms with E-state index in [2.05, 4.69) is 0 Å². The van der Waals surface area contributed by atoms with Crippen molar-refractivity contribution in [2.24, 2.45) is 11.7 Å². The molecular formula is C14H19F4NO. The zero-order valence-corrected chi connectivity index (χ0v) is 11.4. The maximum absolute atomic E-state index is 13.7. The molecule has 3 N–H and O–H groups in total. The van der Waals surface area contributed by atoms with Crippen molar-refractivity contribution in [3.05, 3.63) is 35.1 Å². The molecular weight excluding hydrogens is 274 g/mol. The Morgan fingerprint density at radius 3 is 2.30 bits per heavy atom. The second kappa shape index (κ2) is 6.54. The molecule has 114 valence electrons. The molecule has 2 atom stereocenters. The fourth-order valence-electron chi connectivity index (χ4n) is 2.00. The molecule has 0 saturated carbocycles. The van der Waals surface area contributed by atoms with Crippen molar-refractivity contribution in [1.29, 1.82) is 0 Å². The summed E-state index contributed by atoms with van der Waals surface area (Å²) in [6.45, 7) is 3.84. The maximum atomic E-state index is 13.7. The average molecular weight is 293 g/mol. The van der Waals surface area contributed by atoms with Gasteiger partial charge in [0.2, 0.25) is 0 Å². The Balaban J connectivity index is 3.05. The van der Waals surface area contributed by atoms with Crippen molar-refractivity contribution in [2.75, 3.05) is 0 Å². The predicted molar refractivity (Wildman–Crippen MR) is 68.4 cm³/mol. The Morgan fingerprint density at radius 2 is 1.80 bits per heavy atom. The molecule has 0 unspecified atom stereocenters. The predicted octanol–water partition coefficient (Wildman–Crippen LogP) is 3.64. The van der Waals surface area contributed by atoms with Crippen LogP contribution in [0, 0.1) is 11.7 Å². The van der Waals surface area contributed by atoms with Gasteiger partial charge in [-0.3, -0.25) is 0 Å². The maximum Gasteiger partial charge on any atom is 0.416 e. The van der Waals surface area contributed by atoms with Gasteiger partial charge in [-0.1, -0.05) is 19.9 Å². The summed E-state index contributed by atoms with van der Waals surface area (Å²) >= 11 is 0. The van der Waals surface area contributed by atoms with E-state index in [1.165, 1.54) is 0 Å². The molecule has 2 nitrogen and oxygen atoms in total. The minimum absolute atomic E-state index is 0.227. The second-order valence-electron chi connectivity index (χ2n) is 5.26. The van der Waals surface area contributed by atoms with E-state index in [-0.39, 0.29) is 12.3 Å². The summed E-state index contributed by atoms with van der Waals surface area (Å²) in [4.78, 5) is 0. The Kier molecular flexibility index (Phi) is 5.53. The lowest BCUT2D eigenvalue weighted by molar-refractivity contribution is -0.138. The van der Waals surface area contributed by atoms with Crippen LogP contribution in [-0.2, 0) is 6.18 Å². The number of halogens is 4. The van der Waals surface area contributed by atoms with Gasteiger partial charge in [0, 0.05) is 5.56 Å². The zero-order chi connectivity index (χ0) is 15.5. The molecule has 0 bridgehead atoms. The molecule has 0 saturated heterocycles. The van der Waals surface area contributed by atoms with Crippen LogP contribution in [-0.4, -0.2) is 11.2 Å². The van der Waals surface area contributed by atoms with E-state index < -0.39 is 35.3 Å². The van der Waals surface area contributed by atoms with Gasteiger partial charge in [0.15, 0.2) is 0 Å². The summed E-state index contributed by atoms with van der Waals surface area (Å²) < 4.78 is 52.3. The summed E-state index contributed by atoms with van der Waals surface area (Å²) in [5.74, 6) is -0.768. The molecule has 1 aromatic rings. The summed E-state index contributed by atoms with van der Waals surface area (Å²) in [7, 11) is 0. The SMILES string of the molecule is CC(C)CC[C@@H](O)[C@@H](N)c1c(F)cccc1C(F)(F)F. The molecule has 6 heteroatoms. The highest BCUT2D eigenvalue weighted by atomic mass is 19.4. The largest absolute Gasteiger partial charge is 0.416 e. The lowest BCUT2D eigenvalue weighted by Gasteiger charge is -2.23. The molecule has 0 aliphatic heterocycles. The molecule has 0 aliphatic rings. The molecule has 20 heavy (non-hydrogen) atoms. The van der Waals surface area contributed by atoms with Crippen LogP contribution in [0.2, 0.25) is 0 Å². The summed E-state index contributed by atoms with van der Waals surface area (Å²) in [5.41, 5.74) is 3.83. The molecule has 1 aromatic carbocycles. The topological polar surface area (TPSA) is 46.2 Å². The summed E-state index contributed by atoms with van der Waals surface area (Å²) in [5, 5.41) is 9.88. The fraction of sp³-hybridized carbons (Fsp3) is 0.571. The molecule has 0 amide bonds. The van der Waals surface area contributed by atoms with E-state index in [9.17, 15) is 22.7 Å². The number of hydrogen-bond donors (Lipinski definition) is 2. The van der Waals surface area contributed by atoms with E-state index in [0.29, 0.717) is 6.42 Å². The number of nitrogens with two attached hydrogens (primary N) is 1. The monoisotopic (exact) mass is 293 g/mol. The normalized spacial score (nSPS) is 15.4. The van der Waals surface area contributed by atoms with E-state index in [4.69, 9.17) is 5.73 Å². The van der Waals surface area contributed by atoms with Gasteiger partial charge in [-0.2, -0.15) is 13.2 Å². The molecule has 0 aromatic heterocycles. The first-order chi connectivity index (χ1) is 9.14. The van der Waals surface area contributed by atoms with Crippen molar-refractivity contribution in [3.8, 4) is 0 Å². The van der Waals surface area contributed by atoms with Crippen LogP contribution in [0.25, 0.3) is 0 Å². The quantitative estimate of drug-likeness (QED) is 0.814. The zero-order valence-electron chi connectivity index (χ0n) is 11.4. The first-order valence-electron chi connectivity index (χ1n) is 6.43. The van der Waals surface area contributed by atoms with E-state index >= 15 is 0 Å². The van der Waals surface area contributed by atoms with Crippen molar-refractivity contribution in [2.45, 2.75) is 45.0 Å². The molecule has 0 fully saturated rings. The second-order valence-corrected chi connectivity index (χ2v) is 5.26. The van der Waals surface area contributed by atoms with Crippen molar-refractivity contribution < 1.29 is 22.7 Å². The number of benzene rings is 1. The Hall–Kier alpha value is -1.14. The third-order valence-corrected chi connectivity index (χ3v) is 3.15. The minimum atomic E-state index is -4.70. The van der Waals surface area contributed by atoms with Gasteiger partial charge < -0.3 is 10.8 Å². The number of aliphatic hydroxyl groups is 1. The van der Waals surface area contributed by atoms with Crippen LogP contribution in [0.5, 0.6) is 0 Å². The number of aliphatic hydroxyl groups excluding tert-OH is 1. The number of hydrogen-bond acceptors (Lipinski definition) is 2. The van der Waals surface area contributed by atoms with Gasteiger partial charge in [0.1, 0.15) is 5.82 Å². The number of alkyl halides is 3. The average Bonchev–Trinajstić information content (AvgIpc) is 2.33. The minimum Gasteiger partial charge on any atom is -0.391 e.